The highest BCUT2D eigenvalue weighted by molar-refractivity contribution is 7.19. The summed E-state index contributed by atoms with van der Waals surface area (Å²) in [6, 6.07) is 23.5. The summed E-state index contributed by atoms with van der Waals surface area (Å²) in [6.45, 7) is 2.75. The average molecular weight is 421 g/mol. The first-order chi connectivity index (χ1) is 15.0. The van der Waals surface area contributed by atoms with Crippen LogP contribution in [0.4, 0.5) is 17.6 Å². The summed E-state index contributed by atoms with van der Waals surface area (Å²) in [6.07, 6.45) is -2.25. The van der Waals surface area contributed by atoms with Crippen LogP contribution in [0.15, 0.2) is 97.1 Å². The molecule has 0 unspecified atom stereocenters. The third kappa shape index (κ3) is 4.28. The smallest absolute Gasteiger partial charge is 0.123 e. The quantitative estimate of drug-likeness (QED) is 0.297. The van der Waals surface area contributed by atoms with Crippen molar-refractivity contribution in [1.82, 2.24) is 0 Å². The van der Waals surface area contributed by atoms with Crippen molar-refractivity contribution >= 4 is 34.7 Å². The van der Waals surface area contributed by atoms with Crippen molar-refractivity contribution in [1.29, 1.82) is 0 Å². The number of rotatable bonds is 4. The number of nitrogens with two attached hydrogens (primary N) is 1. The summed E-state index contributed by atoms with van der Waals surface area (Å²) >= 11 is 0. The van der Waals surface area contributed by atoms with Crippen LogP contribution in [0.3, 0.4) is 0 Å². The van der Waals surface area contributed by atoms with Crippen LogP contribution in [0, 0.1) is 23.3 Å². The molecule has 0 aliphatic carbocycles. The van der Waals surface area contributed by atoms with Gasteiger partial charge in [-0.25, -0.2) is 17.6 Å². The van der Waals surface area contributed by atoms with Crippen LogP contribution in [-0.2, 0) is 0 Å². The summed E-state index contributed by atoms with van der Waals surface area (Å²) in [5.74, 6) is -1.95. The van der Waals surface area contributed by atoms with Crippen molar-refractivity contribution in [3.8, 4) is 0 Å². The normalized spacial score (nSPS) is 10.8. The topological polar surface area (TPSA) is 25.6 Å². The molecule has 0 atom stereocenters. The van der Waals surface area contributed by atoms with E-state index in [2.05, 4.69) is 12.1 Å². The summed E-state index contributed by atoms with van der Waals surface area (Å²) in [5, 5.41) is 4.25. The second kappa shape index (κ2) is 9.43. The Kier molecular flexibility index (Phi) is 6.70. The van der Waals surface area contributed by atoms with Crippen LogP contribution >= 0.6 is 0 Å². The molecule has 0 saturated carbocycles. The van der Waals surface area contributed by atoms with Crippen LogP contribution in [0.2, 0.25) is 0 Å². The lowest BCUT2D eigenvalue weighted by Gasteiger charge is -2.44. The molecule has 0 heterocycles. The van der Waals surface area contributed by atoms with Crippen molar-refractivity contribution in [2.75, 3.05) is 0 Å². The van der Waals surface area contributed by atoms with Gasteiger partial charge in [0.15, 0.2) is 0 Å². The Balaban J connectivity index is 0.00000132. The highest BCUT2D eigenvalue weighted by atomic mass is 19.1. The van der Waals surface area contributed by atoms with Crippen LogP contribution in [0.25, 0.3) is 0 Å². The second-order valence-corrected chi connectivity index (χ2v) is 7.09. The summed E-state index contributed by atoms with van der Waals surface area (Å²) < 4.78 is 57.1. The minimum atomic E-state index is -2.25. The summed E-state index contributed by atoms with van der Waals surface area (Å²) in [5.41, 5.74) is 1.97. The molecule has 0 aromatic heterocycles. The molecule has 156 valence electrons. The first-order valence-electron chi connectivity index (χ1n) is 9.60. The molecule has 0 amide bonds. The number of benzene rings is 4. The van der Waals surface area contributed by atoms with Crippen molar-refractivity contribution in [2.45, 2.75) is 0 Å². The molecule has 4 aromatic rings. The molecule has 0 aliphatic rings. The lowest BCUT2D eigenvalue weighted by molar-refractivity contribution is -0.0979. The van der Waals surface area contributed by atoms with Gasteiger partial charge < -0.3 is 0 Å². The molecule has 4 aromatic carbocycles. The second-order valence-electron chi connectivity index (χ2n) is 7.09. The highest BCUT2D eigenvalue weighted by Crippen LogP contribution is 2.12. The van der Waals surface area contributed by atoms with E-state index in [1.54, 1.807) is 48.5 Å². The van der Waals surface area contributed by atoms with Crippen molar-refractivity contribution in [3.05, 3.63) is 120 Å². The van der Waals surface area contributed by atoms with E-state index in [1.807, 2.05) is 0 Å². The largest absolute Gasteiger partial charge is 0.267 e. The van der Waals surface area contributed by atoms with E-state index in [4.69, 9.17) is 0 Å². The maximum absolute atomic E-state index is 14.3. The first kappa shape index (κ1) is 22.0. The summed E-state index contributed by atoms with van der Waals surface area (Å²) in [7, 11) is 0. The number of hydrogen-bond acceptors (Lipinski definition) is 0. The van der Waals surface area contributed by atoms with Gasteiger partial charge in [-0.15, -0.1) is 0 Å². The van der Waals surface area contributed by atoms with Gasteiger partial charge in [-0.1, -0.05) is 72.8 Å². The number of hydrogen-bond donors (Lipinski definition) is 1. The van der Waals surface area contributed by atoms with E-state index in [9.17, 15) is 17.6 Å². The van der Waals surface area contributed by atoms with Gasteiger partial charge in [-0.3, -0.25) is 5.41 Å². The van der Waals surface area contributed by atoms with Crippen molar-refractivity contribution in [3.63, 3.8) is 0 Å². The monoisotopic (exact) mass is 421 g/mol. The minimum Gasteiger partial charge on any atom is -0.267 e. The lowest BCUT2D eigenvalue weighted by Crippen LogP contribution is -2.75. The fourth-order valence-electron chi connectivity index (χ4n) is 4.26. The Labute approximate surface area is 178 Å². The van der Waals surface area contributed by atoms with Crippen molar-refractivity contribution in [2.24, 2.45) is 0 Å². The Morgan fingerprint density at radius 2 is 0.677 bits per heavy atom. The Hall–Kier alpha value is -3.67. The van der Waals surface area contributed by atoms with E-state index in [0.717, 1.165) is 0 Å². The molecule has 0 radical (unpaired) electrons. The molecule has 6 heteroatoms. The summed E-state index contributed by atoms with van der Waals surface area (Å²) in [4.78, 5) is 0. The highest BCUT2D eigenvalue weighted by Gasteiger charge is 2.32. The molecule has 0 aliphatic heterocycles. The molecule has 0 saturated heterocycles. The molecular formula is C25H20BF4N. The van der Waals surface area contributed by atoms with Gasteiger partial charge in [0, 0.05) is 0 Å². The number of halogens is 4. The van der Waals surface area contributed by atoms with Crippen molar-refractivity contribution < 1.29 is 23.0 Å². The third-order valence-electron chi connectivity index (χ3n) is 5.39. The van der Waals surface area contributed by atoms with Crippen LogP contribution in [0.5, 0.6) is 0 Å². The van der Waals surface area contributed by atoms with E-state index >= 15 is 0 Å². The average Bonchev–Trinajstić information content (AvgIpc) is 2.76. The van der Waals surface area contributed by atoms with Gasteiger partial charge in [0.05, 0.1) is 0 Å². The molecule has 0 bridgehead atoms. The SMILES string of the molecule is C=[NH2+].Fc1cccc([B-](c2cccc(F)c2)(c2cccc(F)c2)c2cccc(F)c2)c1. The van der Waals surface area contributed by atoms with E-state index in [-0.39, 0.29) is 0 Å². The maximum atomic E-state index is 14.3. The molecule has 0 spiro atoms. The van der Waals surface area contributed by atoms with Gasteiger partial charge in [0.25, 0.3) is 0 Å². The fourth-order valence-corrected chi connectivity index (χ4v) is 4.26. The zero-order chi connectivity index (χ0) is 22.4. The predicted molar refractivity (Wildman–Crippen MR) is 119 cm³/mol. The lowest BCUT2D eigenvalue weighted by atomic mass is 9.13. The van der Waals surface area contributed by atoms with Gasteiger partial charge in [0.1, 0.15) is 36.1 Å². The molecule has 4 rings (SSSR count). The fraction of sp³-hybridized carbons (Fsp3) is 0. The molecule has 31 heavy (non-hydrogen) atoms. The Morgan fingerprint density at radius 1 is 0.452 bits per heavy atom. The molecular weight excluding hydrogens is 401 g/mol. The molecule has 0 fully saturated rings. The molecule has 1 nitrogen and oxygen atoms in total. The van der Waals surface area contributed by atoms with E-state index in [1.165, 1.54) is 48.5 Å². The van der Waals surface area contributed by atoms with E-state index in [0.29, 0.717) is 21.9 Å². The third-order valence-corrected chi connectivity index (χ3v) is 5.39. The van der Waals surface area contributed by atoms with Crippen LogP contribution in [-0.4, -0.2) is 12.9 Å². The zero-order valence-electron chi connectivity index (χ0n) is 16.6. The minimum absolute atomic E-state index is 0.488. The maximum Gasteiger partial charge on any atom is 0.123 e. The predicted octanol–water partition coefficient (Wildman–Crippen LogP) is 2.07. The van der Waals surface area contributed by atoms with Crippen LogP contribution < -0.4 is 27.3 Å². The zero-order valence-corrected chi connectivity index (χ0v) is 16.6. The first-order valence-corrected chi connectivity index (χ1v) is 9.60. The Bertz CT molecular complexity index is 1010. The van der Waals surface area contributed by atoms with Gasteiger partial charge in [-0.05, 0) is 24.3 Å². The van der Waals surface area contributed by atoms with E-state index < -0.39 is 29.4 Å². The van der Waals surface area contributed by atoms with Gasteiger partial charge in [0.2, 0.25) is 0 Å². The van der Waals surface area contributed by atoms with Crippen LogP contribution in [0.1, 0.15) is 0 Å². The van der Waals surface area contributed by atoms with Gasteiger partial charge in [-0.2, -0.15) is 21.9 Å². The van der Waals surface area contributed by atoms with Gasteiger partial charge >= 0.3 is 0 Å². The standard InChI is InChI=1S/C24H16BF4.CH3N/c26-21-9-1-5-17(13-21)25(18-6-2-10-22(27)14-18,19-7-3-11-23(28)15-19)20-8-4-12-24(29)16-20;1-2/h1-16H;2H,1H2/q-1;/p+1. The molecule has 2 N–H and O–H groups in total. The Morgan fingerprint density at radius 3 is 0.871 bits per heavy atom.